The first-order valence-electron chi connectivity index (χ1n) is 9.29. The van der Waals surface area contributed by atoms with Crippen LogP contribution in [0.3, 0.4) is 0 Å². The maximum Gasteiger partial charge on any atom is 0.270 e. The Balaban J connectivity index is 1.75. The van der Waals surface area contributed by atoms with Gasteiger partial charge in [0.1, 0.15) is 11.3 Å². The van der Waals surface area contributed by atoms with E-state index in [2.05, 4.69) is 5.32 Å². The van der Waals surface area contributed by atoms with Gasteiger partial charge in [-0.05, 0) is 73.7 Å². The number of hydrogen-bond donors (Lipinski definition) is 1. The van der Waals surface area contributed by atoms with Gasteiger partial charge < -0.3 is 9.30 Å². The summed E-state index contributed by atoms with van der Waals surface area (Å²) >= 11 is 5.26. The van der Waals surface area contributed by atoms with Crippen molar-refractivity contribution in [3.05, 3.63) is 83.7 Å². The molecule has 0 atom stereocenters. The fourth-order valence-electron chi connectivity index (χ4n) is 3.37. The highest BCUT2D eigenvalue weighted by atomic mass is 32.1. The predicted molar refractivity (Wildman–Crippen MR) is 120 cm³/mol. The summed E-state index contributed by atoms with van der Waals surface area (Å²) in [6, 6.07) is 20.5. The first-order valence-corrected chi connectivity index (χ1v) is 9.69. The molecule has 2 heterocycles. The molecule has 2 amide bonds. The Morgan fingerprint density at radius 1 is 0.933 bits per heavy atom. The Hall–Kier alpha value is -3.71. The fraction of sp³-hybridized carbons (Fsp3) is 0.0870. The van der Waals surface area contributed by atoms with E-state index < -0.39 is 11.8 Å². The van der Waals surface area contributed by atoms with Crippen LogP contribution in [0.15, 0.2) is 72.3 Å². The number of carbonyl (C=O) groups is 2. The van der Waals surface area contributed by atoms with Crippen molar-refractivity contribution in [2.24, 2.45) is 0 Å². The molecule has 1 aromatic heterocycles. The summed E-state index contributed by atoms with van der Waals surface area (Å²) in [6.07, 6.45) is 1.59. The molecule has 7 heteroatoms. The number of nitrogens with one attached hydrogen (secondary N) is 1. The number of thiocarbonyl (C=S) groups is 1. The molecule has 3 aromatic rings. The number of benzene rings is 2. The Morgan fingerprint density at radius 3 is 2.30 bits per heavy atom. The van der Waals surface area contributed by atoms with E-state index in [4.69, 9.17) is 17.0 Å². The minimum atomic E-state index is -0.520. The molecule has 30 heavy (non-hydrogen) atoms. The zero-order chi connectivity index (χ0) is 21.3. The first kappa shape index (κ1) is 19.6. The van der Waals surface area contributed by atoms with Crippen LogP contribution in [-0.2, 0) is 9.59 Å². The molecule has 0 saturated carbocycles. The van der Waals surface area contributed by atoms with Crippen molar-refractivity contribution < 1.29 is 14.3 Å². The molecule has 0 unspecified atom stereocenters. The molecule has 1 aliphatic heterocycles. The van der Waals surface area contributed by atoms with E-state index >= 15 is 0 Å². The van der Waals surface area contributed by atoms with Crippen molar-refractivity contribution in [1.29, 1.82) is 0 Å². The summed E-state index contributed by atoms with van der Waals surface area (Å²) in [4.78, 5) is 27.1. The standard InChI is InChI=1S/C23H19N3O3S/c1-15-8-9-18(25(15)16-6-4-3-5-7-16)14-20-21(27)24-23(30)26(22(20)28)17-10-12-19(29-2)13-11-17/h3-14H,1-2H3,(H,24,27,30)/b20-14+. The third-order valence-electron chi connectivity index (χ3n) is 4.85. The number of hydrogen-bond acceptors (Lipinski definition) is 4. The largest absolute Gasteiger partial charge is 0.497 e. The van der Waals surface area contributed by atoms with Gasteiger partial charge in [0.05, 0.1) is 12.8 Å². The number of aryl methyl sites for hydroxylation is 1. The molecule has 0 spiro atoms. The predicted octanol–water partition coefficient (Wildman–Crippen LogP) is 3.63. The molecule has 1 fully saturated rings. The normalized spacial score (nSPS) is 15.5. The summed E-state index contributed by atoms with van der Waals surface area (Å²) in [5.41, 5.74) is 3.21. The van der Waals surface area contributed by atoms with E-state index in [1.54, 1.807) is 37.5 Å². The molecule has 1 saturated heterocycles. The maximum atomic E-state index is 13.2. The van der Waals surface area contributed by atoms with Crippen molar-refractivity contribution in [1.82, 2.24) is 9.88 Å². The zero-order valence-electron chi connectivity index (χ0n) is 16.5. The highest BCUT2D eigenvalue weighted by Crippen LogP contribution is 2.25. The van der Waals surface area contributed by atoms with Gasteiger partial charge >= 0.3 is 0 Å². The molecule has 1 N–H and O–H groups in total. The lowest BCUT2D eigenvalue weighted by Crippen LogP contribution is -2.54. The van der Waals surface area contributed by atoms with E-state index in [1.165, 1.54) is 4.90 Å². The summed E-state index contributed by atoms with van der Waals surface area (Å²) in [5.74, 6) is -0.342. The molecule has 0 bridgehead atoms. The second-order valence-corrected chi connectivity index (χ2v) is 7.11. The molecular formula is C23H19N3O3S. The van der Waals surface area contributed by atoms with E-state index in [1.807, 2.05) is 54.0 Å². The lowest BCUT2D eigenvalue weighted by Gasteiger charge is -2.29. The van der Waals surface area contributed by atoms with Gasteiger partial charge in [0, 0.05) is 17.1 Å². The quantitative estimate of drug-likeness (QED) is 0.400. The molecule has 0 radical (unpaired) electrons. The average Bonchev–Trinajstić information content (AvgIpc) is 3.12. The molecule has 0 aliphatic carbocycles. The van der Waals surface area contributed by atoms with Gasteiger partial charge in [-0.15, -0.1) is 0 Å². The van der Waals surface area contributed by atoms with Gasteiger partial charge in [-0.2, -0.15) is 0 Å². The fourth-order valence-corrected chi connectivity index (χ4v) is 3.65. The van der Waals surface area contributed by atoms with Crippen LogP contribution in [0, 0.1) is 6.92 Å². The Bertz CT molecular complexity index is 1160. The third-order valence-corrected chi connectivity index (χ3v) is 5.13. The van der Waals surface area contributed by atoms with Crippen LogP contribution < -0.4 is 15.0 Å². The lowest BCUT2D eigenvalue weighted by atomic mass is 10.1. The summed E-state index contributed by atoms with van der Waals surface area (Å²) in [5, 5.41) is 2.66. The second-order valence-electron chi connectivity index (χ2n) is 6.73. The lowest BCUT2D eigenvalue weighted by molar-refractivity contribution is -0.122. The van der Waals surface area contributed by atoms with Gasteiger partial charge in [0.25, 0.3) is 11.8 Å². The second kappa shape index (κ2) is 7.96. The Kier molecular flexibility index (Phi) is 5.20. The van der Waals surface area contributed by atoms with Gasteiger partial charge in [0.15, 0.2) is 5.11 Å². The van der Waals surface area contributed by atoms with E-state index in [-0.39, 0.29) is 10.7 Å². The third kappa shape index (κ3) is 3.51. The van der Waals surface area contributed by atoms with Crippen molar-refractivity contribution in [3.8, 4) is 11.4 Å². The van der Waals surface area contributed by atoms with E-state index in [0.717, 1.165) is 17.1 Å². The van der Waals surface area contributed by atoms with E-state index in [9.17, 15) is 9.59 Å². The first-order chi connectivity index (χ1) is 14.5. The van der Waals surface area contributed by atoms with Crippen LogP contribution in [0.2, 0.25) is 0 Å². The van der Waals surface area contributed by atoms with Gasteiger partial charge in [-0.25, -0.2) is 0 Å². The minimum Gasteiger partial charge on any atom is -0.497 e. The van der Waals surface area contributed by atoms with Crippen molar-refractivity contribution in [2.45, 2.75) is 6.92 Å². The number of ether oxygens (including phenoxy) is 1. The number of methoxy groups -OCH3 is 1. The highest BCUT2D eigenvalue weighted by molar-refractivity contribution is 7.80. The van der Waals surface area contributed by atoms with E-state index in [0.29, 0.717) is 11.4 Å². The van der Waals surface area contributed by atoms with Crippen LogP contribution in [0.4, 0.5) is 5.69 Å². The van der Waals surface area contributed by atoms with Gasteiger partial charge in [0.2, 0.25) is 0 Å². The monoisotopic (exact) mass is 417 g/mol. The van der Waals surface area contributed by atoms with Crippen LogP contribution >= 0.6 is 12.2 Å². The number of nitrogens with zero attached hydrogens (tertiary/aromatic N) is 2. The SMILES string of the molecule is COc1ccc(N2C(=O)/C(=C/c3ccc(C)n3-c3ccccc3)C(=O)NC2=S)cc1. The summed E-state index contributed by atoms with van der Waals surface area (Å²) in [6.45, 7) is 1.97. The molecular weight excluding hydrogens is 398 g/mol. The Labute approximate surface area is 179 Å². The minimum absolute atomic E-state index is 0.00898. The van der Waals surface area contributed by atoms with Gasteiger partial charge in [-0.3, -0.25) is 19.8 Å². The Morgan fingerprint density at radius 2 is 1.63 bits per heavy atom. The van der Waals surface area contributed by atoms with Crippen molar-refractivity contribution in [3.63, 3.8) is 0 Å². The van der Waals surface area contributed by atoms with Crippen molar-refractivity contribution >= 4 is 40.9 Å². The van der Waals surface area contributed by atoms with Crippen LogP contribution in [0.25, 0.3) is 11.8 Å². The van der Waals surface area contributed by atoms with Crippen LogP contribution in [0.1, 0.15) is 11.4 Å². The van der Waals surface area contributed by atoms with Crippen molar-refractivity contribution in [2.75, 3.05) is 12.0 Å². The molecule has 4 rings (SSSR count). The topological polar surface area (TPSA) is 63.6 Å². The van der Waals surface area contributed by atoms with Crippen LogP contribution in [0.5, 0.6) is 5.75 Å². The molecule has 1 aliphatic rings. The number of para-hydroxylation sites is 1. The maximum absolute atomic E-state index is 13.2. The zero-order valence-corrected chi connectivity index (χ0v) is 17.3. The number of amides is 2. The molecule has 6 nitrogen and oxygen atoms in total. The average molecular weight is 417 g/mol. The number of anilines is 1. The molecule has 2 aromatic carbocycles. The summed E-state index contributed by atoms with van der Waals surface area (Å²) in [7, 11) is 1.57. The molecule has 150 valence electrons. The number of carbonyl (C=O) groups excluding carboxylic acids is 2. The summed E-state index contributed by atoms with van der Waals surface area (Å²) < 4.78 is 7.15. The van der Waals surface area contributed by atoms with Gasteiger partial charge in [-0.1, -0.05) is 18.2 Å². The number of aromatic nitrogens is 1. The smallest absolute Gasteiger partial charge is 0.270 e. The number of rotatable bonds is 4. The highest BCUT2D eigenvalue weighted by Gasteiger charge is 2.34. The van der Waals surface area contributed by atoms with Crippen LogP contribution in [-0.4, -0.2) is 28.6 Å².